The Morgan fingerprint density at radius 3 is 2.47 bits per heavy atom. The smallest absolute Gasteiger partial charge is 0.350 e. The number of benzene rings is 2. The summed E-state index contributed by atoms with van der Waals surface area (Å²) >= 11 is 0. The number of carboxylic acid groups (broad SMARTS) is 1. The summed E-state index contributed by atoms with van der Waals surface area (Å²) in [6.07, 6.45) is 1.87. The molecule has 0 saturated heterocycles. The summed E-state index contributed by atoms with van der Waals surface area (Å²) in [5.74, 6) is 2.53. The van der Waals surface area contributed by atoms with E-state index in [0.29, 0.717) is 11.3 Å². The average Bonchev–Trinajstić information content (AvgIpc) is 3.57. The molecule has 1 saturated carbocycles. The second kappa shape index (κ2) is 7.56. The molecule has 2 atom stereocenters. The van der Waals surface area contributed by atoms with E-state index in [4.69, 9.17) is 9.47 Å². The number of rotatable bonds is 4. The molecule has 0 bridgehead atoms. The molecule has 2 N–H and O–H groups in total. The van der Waals surface area contributed by atoms with Crippen LogP contribution >= 0.6 is 0 Å². The molecule has 2 aliphatic rings. The van der Waals surface area contributed by atoms with Crippen LogP contribution in [0.2, 0.25) is 0 Å². The number of aliphatic carboxylic acids is 1. The third-order valence-electron chi connectivity index (χ3n) is 5.20. The highest BCUT2D eigenvalue weighted by molar-refractivity contribution is 6.12. The lowest BCUT2D eigenvalue weighted by atomic mass is 9.76. The van der Waals surface area contributed by atoms with Crippen LogP contribution in [0.1, 0.15) is 34.7 Å². The van der Waals surface area contributed by atoms with Gasteiger partial charge in [0.2, 0.25) is 0 Å². The number of carbonyl (C=O) groups is 3. The molecule has 2 aromatic carbocycles. The zero-order valence-electron chi connectivity index (χ0n) is 16.2. The van der Waals surface area contributed by atoms with E-state index in [2.05, 4.69) is 17.2 Å². The highest BCUT2D eigenvalue weighted by Crippen LogP contribution is 2.41. The number of nitrogens with one attached hydrogen (secondary N) is 1. The molecule has 0 unspecified atom stereocenters. The summed E-state index contributed by atoms with van der Waals surface area (Å²) in [5, 5.41) is 12.5. The molecule has 1 aliphatic heterocycles. The fourth-order valence-electron chi connectivity index (χ4n) is 3.34. The van der Waals surface area contributed by atoms with Crippen molar-refractivity contribution in [2.24, 2.45) is 5.92 Å². The predicted octanol–water partition coefficient (Wildman–Crippen LogP) is 2.36. The van der Waals surface area contributed by atoms with Gasteiger partial charge in [-0.15, -0.1) is 0 Å². The van der Waals surface area contributed by atoms with Crippen molar-refractivity contribution in [2.75, 3.05) is 7.11 Å². The van der Waals surface area contributed by atoms with Crippen molar-refractivity contribution >= 4 is 17.8 Å². The summed E-state index contributed by atoms with van der Waals surface area (Å²) < 4.78 is 10.4. The van der Waals surface area contributed by atoms with Crippen LogP contribution in [0.25, 0.3) is 0 Å². The molecule has 0 aromatic heterocycles. The van der Waals surface area contributed by atoms with Gasteiger partial charge in [-0.1, -0.05) is 30.0 Å². The Balaban J connectivity index is 1.78. The van der Waals surface area contributed by atoms with Crippen molar-refractivity contribution in [2.45, 2.75) is 24.3 Å². The van der Waals surface area contributed by atoms with E-state index >= 15 is 0 Å². The SMILES string of the molecule is COc1ccc(C(=O)N[C@@]2(C(=O)O)C(=O)Oc3ccccc3[C@@H]2C#CC2CC2)cc1. The standard InChI is InChI=1S/C23H19NO6/c1-29-16-11-9-15(10-12-16)20(25)24-23(21(26)27)18(13-8-14-6-7-14)17-4-2-3-5-19(17)30-22(23)28/h2-5,9-12,14,18H,6-7H2,1H3,(H,24,25)(H,26,27)/t18-,23-/m0/s1. The van der Waals surface area contributed by atoms with Gasteiger partial charge in [0.25, 0.3) is 11.4 Å². The second-order valence-electron chi connectivity index (χ2n) is 7.22. The number of esters is 1. The number of ether oxygens (including phenoxy) is 2. The summed E-state index contributed by atoms with van der Waals surface area (Å²) in [7, 11) is 1.49. The Hall–Kier alpha value is -3.79. The zero-order chi connectivity index (χ0) is 21.3. The first kappa shape index (κ1) is 19.5. The van der Waals surface area contributed by atoms with Crippen LogP contribution in [0.15, 0.2) is 48.5 Å². The molecule has 7 nitrogen and oxygen atoms in total. The minimum Gasteiger partial charge on any atom is -0.497 e. The van der Waals surface area contributed by atoms with Crippen LogP contribution in [-0.2, 0) is 9.59 Å². The normalized spacial score (nSPS) is 22.0. The molecule has 152 valence electrons. The molecule has 1 fully saturated rings. The number of methoxy groups -OCH3 is 1. The molecule has 0 spiro atoms. The molecular weight excluding hydrogens is 386 g/mol. The monoisotopic (exact) mass is 405 g/mol. The largest absolute Gasteiger partial charge is 0.497 e. The first-order valence-corrected chi connectivity index (χ1v) is 9.48. The number of carboxylic acids is 1. The minimum atomic E-state index is -2.37. The Labute approximate surface area is 173 Å². The van der Waals surface area contributed by atoms with Gasteiger partial charge in [0.15, 0.2) is 0 Å². The predicted molar refractivity (Wildman–Crippen MR) is 106 cm³/mol. The average molecular weight is 405 g/mol. The molecule has 0 radical (unpaired) electrons. The third-order valence-corrected chi connectivity index (χ3v) is 5.20. The first-order chi connectivity index (χ1) is 14.5. The molecule has 2 aromatic rings. The van der Waals surface area contributed by atoms with E-state index < -0.39 is 29.3 Å². The molecular formula is C23H19NO6. The highest BCUT2D eigenvalue weighted by Gasteiger charge is 2.59. The van der Waals surface area contributed by atoms with Crippen LogP contribution in [0, 0.1) is 17.8 Å². The topological polar surface area (TPSA) is 102 Å². The Morgan fingerprint density at radius 2 is 1.83 bits per heavy atom. The summed E-state index contributed by atoms with van der Waals surface area (Å²) in [5.41, 5.74) is -1.74. The maximum Gasteiger partial charge on any atom is 0.350 e. The van der Waals surface area contributed by atoms with Gasteiger partial charge >= 0.3 is 11.9 Å². The fraction of sp³-hybridized carbons (Fsp3) is 0.261. The maximum atomic E-state index is 13.0. The molecule has 1 heterocycles. The van der Waals surface area contributed by atoms with E-state index in [-0.39, 0.29) is 17.2 Å². The molecule has 1 aliphatic carbocycles. The number of hydrogen-bond acceptors (Lipinski definition) is 5. The number of para-hydroxylation sites is 1. The van der Waals surface area contributed by atoms with Gasteiger partial charge in [0, 0.05) is 17.0 Å². The van der Waals surface area contributed by atoms with E-state index in [1.807, 2.05) is 0 Å². The quantitative estimate of drug-likeness (QED) is 0.350. The Bertz CT molecular complexity index is 1080. The van der Waals surface area contributed by atoms with Gasteiger partial charge in [-0.25, -0.2) is 9.59 Å². The van der Waals surface area contributed by atoms with E-state index in [9.17, 15) is 19.5 Å². The number of carbonyl (C=O) groups excluding carboxylic acids is 2. The van der Waals surface area contributed by atoms with Crippen molar-refractivity contribution in [3.05, 3.63) is 59.7 Å². The highest BCUT2D eigenvalue weighted by atomic mass is 16.5. The lowest BCUT2D eigenvalue weighted by Crippen LogP contribution is -2.66. The van der Waals surface area contributed by atoms with Crippen LogP contribution in [0.3, 0.4) is 0 Å². The first-order valence-electron chi connectivity index (χ1n) is 9.48. The van der Waals surface area contributed by atoms with Gasteiger partial charge in [-0.05, 0) is 43.2 Å². The fourth-order valence-corrected chi connectivity index (χ4v) is 3.34. The minimum absolute atomic E-state index is 0.178. The van der Waals surface area contributed by atoms with Gasteiger partial charge in [0.05, 0.1) is 13.0 Å². The Kier molecular flexibility index (Phi) is 4.92. The molecule has 7 heteroatoms. The summed E-state index contributed by atoms with van der Waals surface area (Å²) in [6, 6.07) is 12.7. The van der Waals surface area contributed by atoms with E-state index in [0.717, 1.165) is 12.8 Å². The van der Waals surface area contributed by atoms with Crippen LogP contribution in [0.4, 0.5) is 0 Å². The summed E-state index contributed by atoms with van der Waals surface area (Å²) in [6.45, 7) is 0. The molecule has 1 amide bonds. The molecule has 30 heavy (non-hydrogen) atoms. The lowest BCUT2D eigenvalue weighted by molar-refractivity contribution is -0.158. The number of amides is 1. The van der Waals surface area contributed by atoms with E-state index in [1.54, 1.807) is 36.4 Å². The second-order valence-corrected chi connectivity index (χ2v) is 7.22. The van der Waals surface area contributed by atoms with Gasteiger partial charge in [-0.2, -0.15) is 0 Å². The maximum absolute atomic E-state index is 13.0. The van der Waals surface area contributed by atoms with Gasteiger partial charge in [0.1, 0.15) is 11.5 Å². The van der Waals surface area contributed by atoms with Crippen LogP contribution in [0.5, 0.6) is 11.5 Å². The zero-order valence-corrected chi connectivity index (χ0v) is 16.2. The van der Waals surface area contributed by atoms with Crippen LogP contribution < -0.4 is 14.8 Å². The van der Waals surface area contributed by atoms with Crippen molar-refractivity contribution < 1.29 is 29.0 Å². The number of hydrogen-bond donors (Lipinski definition) is 2. The van der Waals surface area contributed by atoms with Crippen LogP contribution in [-0.4, -0.2) is 35.6 Å². The van der Waals surface area contributed by atoms with Crippen molar-refractivity contribution in [3.8, 4) is 23.3 Å². The van der Waals surface area contributed by atoms with Crippen molar-refractivity contribution in [1.82, 2.24) is 5.32 Å². The van der Waals surface area contributed by atoms with Crippen molar-refractivity contribution in [3.63, 3.8) is 0 Å². The molecule has 4 rings (SSSR count). The number of fused-ring (bicyclic) bond motifs is 1. The van der Waals surface area contributed by atoms with Gasteiger partial charge in [-0.3, -0.25) is 4.79 Å². The van der Waals surface area contributed by atoms with E-state index in [1.165, 1.54) is 19.2 Å². The lowest BCUT2D eigenvalue weighted by Gasteiger charge is -2.37. The summed E-state index contributed by atoms with van der Waals surface area (Å²) in [4.78, 5) is 38.3. The van der Waals surface area contributed by atoms with Crippen molar-refractivity contribution in [1.29, 1.82) is 0 Å². The third kappa shape index (κ3) is 3.37. The Morgan fingerprint density at radius 1 is 1.13 bits per heavy atom. The van der Waals surface area contributed by atoms with Gasteiger partial charge < -0.3 is 19.9 Å².